The topological polar surface area (TPSA) is 38.3 Å². The molecule has 0 spiro atoms. The first-order valence-corrected chi connectivity index (χ1v) is 4.75. The Hall–Kier alpha value is -1.95. The van der Waals surface area contributed by atoms with E-state index in [-0.39, 0.29) is 6.04 Å². The van der Waals surface area contributed by atoms with Gasteiger partial charge in [0.2, 0.25) is 0 Å². The summed E-state index contributed by atoms with van der Waals surface area (Å²) in [5.41, 5.74) is 0. The maximum Gasteiger partial charge on any atom is 0.413 e. The van der Waals surface area contributed by atoms with Gasteiger partial charge in [-0.2, -0.15) is 0 Å². The second-order valence-corrected chi connectivity index (χ2v) is 2.97. The third-order valence-corrected chi connectivity index (χ3v) is 1.86. The summed E-state index contributed by atoms with van der Waals surface area (Å²) in [6, 6.07) is 8.57. The van der Waals surface area contributed by atoms with Gasteiger partial charge in [0.05, 0.1) is 6.04 Å². The summed E-state index contributed by atoms with van der Waals surface area (Å²) in [6.45, 7) is 1.90. The number of rotatable bonds is 3. The van der Waals surface area contributed by atoms with Gasteiger partial charge in [-0.05, 0) is 18.6 Å². The number of amides is 1. The van der Waals surface area contributed by atoms with E-state index in [1.54, 1.807) is 24.3 Å². The SMILES string of the molecule is C#CC(CC)NC(=O)Oc1ccccc1. The molecule has 3 heteroatoms. The molecule has 0 heterocycles. The Morgan fingerprint density at radius 1 is 1.53 bits per heavy atom. The van der Waals surface area contributed by atoms with Crippen molar-refractivity contribution in [3.63, 3.8) is 0 Å². The largest absolute Gasteiger partial charge is 0.413 e. The third kappa shape index (κ3) is 3.74. The van der Waals surface area contributed by atoms with Crippen LogP contribution in [0.25, 0.3) is 0 Å². The van der Waals surface area contributed by atoms with Gasteiger partial charge in [-0.3, -0.25) is 0 Å². The summed E-state index contributed by atoms with van der Waals surface area (Å²) < 4.78 is 5.00. The van der Waals surface area contributed by atoms with Crippen molar-refractivity contribution in [3.8, 4) is 18.1 Å². The average molecular weight is 203 g/mol. The predicted octanol–water partition coefficient (Wildman–Crippen LogP) is 2.19. The van der Waals surface area contributed by atoms with Gasteiger partial charge in [-0.15, -0.1) is 6.42 Å². The number of hydrogen-bond acceptors (Lipinski definition) is 2. The van der Waals surface area contributed by atoms with Crippen molar-refractivity contribution in [3.05, 3.63) is 30.3 Å². The van der Waals surface area contributed by atoms with Gasteiger partial charge >= 0.3 is 6.09 Å². The first-order valence-electron chi connectivity index (χ1n) is 4.75. The van der Waals surface area contributed by atoms with E-state index in [0.717, 1.165) is 0 Å². The second-order valence-electron chi connectivity index (χ2n) is 2.97. The van der Waals surface area contributed by atoms with E-state index >= 15 is 0 Å². The van der Waals surface area contributed by atoms with E-state index in [9.17, 15) is 4.79 Å². The van der Waals surface area contributed by atoms with Crippen LogP contribution < -0.4 is 10.1 Å². The fourth-order valence-electron chi connectivity index (χ4n) is 1.03. The number of terminal acetylenes is 1. The van der Waals surface area contributed by atoms with Gasteiger partial charge in [0.15, 0.2) is 0 Å². The normalized spacial score (nSPS) is 11.2. The predicted molar refractivity (Wildman–Crippen MR) is 58.5 cm³/mol. The molecule has 1 N–H and O–H groups in total. The molecule has 0 bridgehead atoms. The summed E-state index contributed by atoms with van der Waals surface area (Å²) >= 11 is 0. The van der Waals surface area contributed by atoms with E-state index in [0.29, 0.717) is 12.2 Å². The zero-order chi connectivity index (χ0) is 11.1. The van der Waals surface area contributed by atoms with Crippen molar-refractivity contribution >= 4 is 6.09 Å². The molecule has 15 heavy (non-hydrogen) atoms. The van der Waals surface area contributed by atoms with Gasteiger partial charge in [0, 0.05) is 0 Å². The second kappa shape index (κ2) is 5.71. The smallest absolute Gasteiger partial charge is 0.410 e. The number of nitrogens with one attached hydrogen (secondary N) is 1. The van der Waals surface area contributed by atoms with Crippen molar-refractivity contribution < 1.29 is 9.53 Å². The molecule has 0 fully saturated rings. The number of carbonyl (C=O) groups excluding carboxylic acids is 1. The van der Waals surface area contributed by atoms with E-state index < -0.39 is 6.09 Å². The van der Waals surface area contributed by atoms with E-state index in [4.69, 9.17) is 11.2 Å². The summed E-state index contributed by atoms with van der Waals surface area (Å²) in [5.74, 6) is 2.96. The summed E-state index contributed by atoms with van der Waals surface area (Å²) in [7, 11) is 0. The zero-order valence-corrected chi connectivity index (χ0v) is 8.57. The Morgan fingerprint density at radius 2 is 2.20 bits per heavy atom. The van der Waals surface area contributed by atoms with Gasteiger partial charge in [0.25, 0.3) is 0 Å². The maximum absolute atomic E-state index is 11.3. The molecule has 3 nitrogen and oxygen atoms in total. The number of hydrogen-bond donors (Lipinski definition) is 1. The third-order valence-electron chi connectivity index (χ3n) is 1.86. The summed E-state index contributed by atoms with van der Waals surface area (Å²) in [4.78, 5) is 11.3. The van der Waals surface area contributed by atoms with E-state index in [1.165, 1.54) is 0 Å². The van der Waals surface area contributed by atoms with Crippen molar-refractivity contribution in [2.75, 3.05) is 0 Å². The quantitative estimate of drug-likeness (QED) is 0.765. The fourth-order valence-corrected chi connectivity index (χ4v) is 1.03. The lowest BCUT2D eigenvalue weighted by Gasteiger charge is -2.10. The summed E-state index contributed by atoms with van der Waals surface area (Å²) in [5, 5.41) is 2.57. The van der Waals surface area contributed by atoms with Gasteiger partial charge in [-0.1, -0.05) is 31.0 Å². The molecule has 78 valence electrons. The average Bonchev–Trinajstić information content (AvgIpc) is 2.27. The Balaban J connectivity index is 2.47. The van der Waals surface area contributed by atoms with Crippen molar-refractivity contribution in [1.29, 1.82) is 0 Å². The van der Waals surface area contributed by atoms with Crippen LogP contribution in [0.4, 0.5) is 4.79 Å². The van der Waals surface area contributed by atoms with Crippen LogP contribution in [0.3, 0.4) is 0 Å². The van der Waals surface area contributed by atoms with E-state index in [2.05, 4.69) is 11.2 Å². The highest BCUT2D eigenvalue weighted by atomic mass is 16.6. The highest BCUT2D eigenvalue weighted by Crippen LogP contribution is 2.08. The Morgan fingerprint density at radius 3 is 2.73 bits per heavy atom. The van der Waals surface area contributed by atoms with Gasteiger partial charge in [-0.25, -0.2) is 4.79 Å². The van der Waals surface area contributed by atoms with Crippen molar-refractivity contribution in [2.24, 2.45) is 0 Å². The minimum Gasteiger partial charge on any atom is -0.410 e. The Bertz CT molecular complexity index is 354. The summed E-state index contributed by atoms with van der Waals surface area (Å²) in [6.07, 6.45) is 5.36. The van der Waals surface area contributed by atoms with Crippen LogP contribution in [0.2, 0.25) is 0 Å². The minimum atomic E-state index is -0.522. The molecule has 0 saturated carbocycles. The Kier molecular flexibility index (Phi) is 4.24. The minimum absolute atomic E-state index is 0.277. The lowest BCUT2D eigenvalue weighted by Crippen LogP contribution is -2.35. The molecule has 0 aliphatic heterocycles. The van der Waals surface area contributed by atoms with Crippen LogP contribution in [0.5, 0.6) is 5.75 Å². The van der Waals surface area contributed by atoms with Crippen LogP contribution >= 0.6 is 0 Å². The molecule has 0 aliphatic carbocycles. The molecule has 1 rings (SSSR count). The molecule has 0 aromatic heterocycles. The number of ether oxygens (including phenoxy) is 1. The molecule has 0 radical (unpaired) electrons. The van der Waals surface area contributed by atoms with Gasteiger partial charge < -0.3 is 10.1 Å². The standard InChI is InChI=1S/C12H13NO2/c1-3-10(4-2)13-12(14)15-11-8-6-5-7-9-11/h1,5-10H,4H2,2H3,(H,13,14). The first-order chi connectivity index (χ1) is 7.26. The molecular formula is C12H13NO2. The number of benzene rings is 1. The van der Waals surface area contributed by atoms with Crippen LogP contribution in [0.1, 0.15) is 13.3 Å². The molecule has 1 unspecified atom stereocenters. The highest BCUT2D eigenvalue weighted by Gasteiger charge is 2.08. The molecule has 1 atom stereocenters. The molecule has 0 aliphatic rings. The van der Waals surface area contributed by atoms with Crippen LogP contribution in [-0.2, 0) is 0 Å². The van der Waals surface area contributed by atoms with Crippen LogP contribution in [0, 0.1) is 12.3 Å². The molecule has 1 aromatic carbocycles. The molecule has 1 amide bonds. The lowest BCUT2D eigenvalue weighted by molar-refractivity contribution is 0.198. The van der Waals surface area contributed by atoms with Crippen molar-refractivity contribution in [1.82, 2.24) is 5.32 Å². The van der Waals surface area contributed by atoms with Gasteiger partial charge in [0.1, 0.15) is 5.75 Å². The molecular weight excluding hydrogens is 190 g/mol. The lowest BCUT2D eigenvalue weighted by atomic mass is 10.2. The molecule has 1 aromatic rings. The fraction of sp³-hybridized carbons (Fsp3) is 0.250. The first kappa shape index (κ1) is 11.1. The Labute approximate surface area is 89.4 Å². The zero-order valence-electron chi connectivity index (χ0n) is 8.57. The van der Waals surface area contributed by atoms with E-state index in [1.807, 2.05) is 13.0 Å². The maximum atomic E-state index is 11.3. The van der Waals surface area contributed by atoms with Crippen LogP contribution in [-0.4, -0.2) is 12.1 Å². The molecule has 0 saturated heterocycles. The number of para-hydroxylation sites is 1. The number of carbonyl (C=O) groups is 1. The van der Waals surface area contributed by atoms with Crippen molar-refractivity contribution in [2.45, 2.75) is 19.4 Å². The monoisotopic (exact) mass is 203 g/mol. The highest BCUT2D eigenvalue weighted by molar-refractivity contribution is 5.71. The van der Waals surface area contributed by atoms with Crippen LogP contribution in [0.15, 0.2) is 30.3 Å².